The van der Waals surface area contributed by atoms with Crippen LogP contribution >= 0.6 is 0 Å². The summed E-state index contributed by atoms with van der Waals surface area (Å²) >= 11 is 0. The number of esters is 1. The minimum Gasteiger partial charge on any atom is -0.462 e. The van der Waals surface area contributed by atoms with Crippen LogP contribution in [0.3, 0.4) is 0 Å². The minimum absolute atomic E-state index is 0.114. The molecule has 2 saturated carbocycles. The summed E-state index contributed by atoms with van der Waals surface area (Å²) in [6.45, 7) is 6.95. The second-order valence-electron chi connectivity index (χ2n) is 8.48. The second kappa shape index (κ2) is 9.69. The average molecular weight is 323 g/mol. The van der Waals surface area contributed by atoms with Gasteiger partial charge in [-0.3, -0.25) is 4.79 Å². The van der Waals surface area contributed by atoms with Crippen LogP contribution in [0.4, 0.5) is 0 Å². The van der Waals surface area contributed by atoms with E-state index in [1.165, 1.54) is 51.4 Å². The molecule has 0 aromatic carbocycles. The third kappa shape index (κ3) is 6.47. The third-order valence-electron chi connectivity index (χ3n) is 6.43. The Labute approximate surface area is 143 Å². The van der Waals surface area contributed by atoms with Crippen LogP contribution in [0.25, 0.3) is 0 Å². The Kier molecular flexibility index (Phi) is 7.92. The fraction of sp³-hybridized carbons (Fsp3) is 0.952. The largest absolute Gasteiger partial charge is 0.462 e. The zero-order valence-electron chi connectivity index (χ0n) is 15.7. The van der Waals surface area contributed by atoms with Crippen molar-refractivity contribution < 1.29 is 9.53 Å². The van der Waals surface area contributed by atoms with Crippen molar-refractivity contribution in [3.8, 4) is 0 Å². The van der Waals surface area contributed by atoms with Crippen LogP contribution in [0.2, 0.25) is 0 Å². The van der Waals surface area contributed by atoms with Gasteiger partial charge in [0.15, 0.2) is 0 Å². The molecule has 0 aromatic heterocycles. The van der Waals surface area contributed by atoms with Gasteiger partial charge < -0.3 is 4.74 Å². The minimum atomic E-state index is 0.114. The van der Waals surface area contributed by atoms with Gasteiger partial charge in [-0.05, 0) is 69.1 Å². The van der Waals surface area contributed by atoms with Crippen LogP contribution in [0.5, 0.6) is 0 Å². The highest BCUT2D eigenvalue weighted by atomic mass is 16.5. The van der Waals surface area contributed by atoms with Gasteiger partial charge in [-0.2, -0.15) is 0 Å². The van der Waals surface area contributed by atoms with Crippen molar-refractivity contribution in [1.29, 1.82) is 0 Å². The molecular formula is C21H38O2. The molecule has 2 aliphatic rings. The topological polar surface area (TPSA) is 26.3 Å². The number of rotatable bonds is 7. The zero-order chi connectivity index (χ0) is 16.7. The molecule has 2 fully saturated rings. The number of carbonyl (C=O) groups is 1. The molecule has 1 unspecified atom stereocenters. The maximum atomic E-state index is 12.4. The van der Waals surface area contributed by atoms with Gasteiger partial charge in [-0.15, -0.1) is 0 Å². The Hall–Kier alpha value is -0.530. The van der Waals surface area contributed by atoms with Crippen molar-refractivity contribution in [2.45, 2.75) is 104 Å². The SMILES string of the molecule is CCC(C)CCCC1CCC(C(=O)OC2CCC(C)CC2)CC1. The highest BCUT2D eigenvalue weighted by Gasteiger charge is 2.30. The smallest absolute Gasteiger partial charge is 0.309 e. The summed E-state index contributed by atoms with van der Waals surface area (Å²) in [6, 6.07) is 0. The van der Waals surface area contributed by atoms with E-state index in [0.29, 0.717) is 0 Å². The summed E-state index contributed by atoms with van der Waals surface area (Å²) in [5.41, 5.74) is 0. The van der Waals surface area contributed by atoms with Crippen LogP contribution in [0.1, 0.15) is 97.8 Å². The molecule has 1 atom stereocenters. The molecule has 0 amide bonds. The van der Waals surface area contributed by atoms with Gasteiger partial charge in [0.05, 0.1) is 5.92 Å². The van der Waals surface area contributed by atoms with E-state index < -0.39 is 0 Å². The molecule has 0 N–H and O–H groups in total. The van der Waals surface area contributed by atoms with Crippen molar-refractivity contribution in [3.05, 3.63) is 0 Å². The van der Waals surface area contributed by atoms with E-state index in [0.717, 1.165) is 43.4 Å². The maximum absolute atomic E-state index is 12.4. The van der Waals surface area contributed by atoms with Gasteiger partial charge in [0.25, 0.3) is 0 Å². The summed E-state index contributed by atoms with van der Waals surface area (Å²) in [7, 11) is 0. The first-order valence-corrected chi connectivity index (χ1v) is 10.3. The van der Waals surface area contributed by atoms with E-state index in [1.54, 1.807) is 0 Å². The van der Waals surface area contributed by atoms with E-state index in [9.17, 15) is 4.79 Å². The molecule has 0 bridgehead atoms. The van der Waals surface area contributed by atoms with Gasteiger partial charge in [-0.25, -0.2) is 0 Å². The standard InChI is InChI=1S/C21H38O2/c1-4-16(2)6-5-7-18-10-12-19(13-11-18)21(22)23-20-14-8-17(3)9-15-20/h16-20H,4-15H2,1-3H3. The maximum Gasteiger partial charge on any atom is 0.309 e. The summed E-state index contributed by atoms with van der Waals surface area (Å²) < 4.78 is 5.80. The lowest BCUT2D eigenvalue weighted by atomic mass is 9.79. The zero-order valence-corrected chi connectivity index (χ0v) is 15.7. The van der Waals surface area contributed by atoms with E-state index >= 15 is 0 Å². The summed E-state index contributed by atoms with van der Waals surface area (Å²) in [5, 5.41) is 0. The highest BCUT2D eigenvalue weighted by molar-refractivity contribution is 5.72. The molecule has 2 heteroatoms. The predicted octanol–water partition coefficient (Wildman–Crippen LogP) is 6.13. The van der Waals surface area contributed by atoms with Crippen molar-refractivity contribution in [3.63, 3.8) is 0 Å². The summed E-state index contributed by atoms with van der Waals surface area (Å²) in [5.74, 6) is 2.86. The molecule has 0 radical (unpaired) electrons. The van der Waals surface area contributed by atoms with E-state index in [1.807, 2.05) is 0 Å². The van der Waals surface area contributed by atoms with Crippen molar-refractivity contribution >= 4 is 5.97 Å². The van der Waals surface area contributed by atoms with Gasteiger partial charge in [0.2, 0.25) is 0 Å². The molecule has 0 spiro atoms. The first kappa shape index (κ1) is 18.8. The van der Waals surface area contributed by atoms with E-state index in [2.05, 4.69) is 20.8 Å². The van der Waals surface area contributed by atoms with Crippen molar-refractivity contribution in [1.82, 2.24) is 0 Å². The summed E-state index contributed by atoms with van der Waals surface area (Å²) in [6.07, 6.45) is 14.8. The van der Waals surface area contributed by atoms with Gasteiger partial charge >= 0.3 is 5.97 Å². The average Bonchev–Trinajstić information content (AvgIpc) is 2.57. The van der Waals surface area contributed by atoms with Crippen molar-refractivity contribution in [2.75, 3.05) is 0 Å². The fourth-order valence-electron chi connectivity index (χ4n) is 4.25. The number of carbonyl (C=O) groups excluding carboxylic acids is 1. The first-order chi connectivity index (χ1) is 11.1. The summed E-state index contributed by atoms with van der Waals surface area (Å²) in [4.78, 5) is 12.4. The lowest BCUT2D eigenvalue weighted by molar-refractivity contribution is -0.157. The van der Waals surface area contributed by atoms with Gasteiger partial charge in [0.1, 0.15) is 6.10 Å². The molecule has 2 aliphatic carbocycles. The molecule has 0 aliphatic heterocycles. The predicted molar refractivity (Wildman–Crippen MR) is 96.3 cm³/mol. The Balaban J connectivity index is 1.61. The van der Waals surface area contributed by atoms with Crippen LogP contribution in [-0.2, 0) is 9.53 Å². The third-order valence-corrected chi connectivity index (χ3v) is 6.43. The molecule has 2 rings (SSSR count). The number of hydrogen-bond acceptors (Lipinski definition) is 2. The fourth-order valence-corrected chi connectivity index (χ4v) is 4.25. The van der Waals surface area contributed by atoms with Crippen LogP contribution in [0, 0.1) is 23.7 Å². The van der Waals surface area contributed by atoms with Crippen LogP contribution in [-0.4, -0.2) is 12.1 Å². The lowest BCUT2D eigenvalue weighted by Crippen LogP contribution is -2.29. The highest BCUT2D eigenvalue weighted by Crippen LogP contribution is 2.34. The molecule has 0 saturated heterocycles. The Morgan fingerprint density at radius 2 is 1.70 bits per heavy atom. The second-order valence-corrected chi connectivity index (χ2v) is 8.48. The first-order valence-electron chi connectivity index (χ1n) is 10.3. The van der Waals surface area contributed by atoms with E-state index in [-0.39, 0.29) is 18.0 Å². The Bertz CT molecular complexity index is 336. The molecule has 0 heterocycles. The lowest BCUT2D eigenvalue weighted by Gasteiger charge is -2.31. The molecule has 134 valence electrons. The Morgan fingerprint density at radius 3 is 2.30 bits per heavy atom. The molecule has 0 aromatic rings. The van der Waals surface area contributed by atoms with Crippen molar-refractivity contribution in [2.24, 2.45) is 23.7 Å². The monoisotopic (exact) mass is 322 g/mol. The quantitative estimate of drug-likeness (QED) is 0.527. The van der Waals surface area contributed by atoms with Gasteiger partial charge in [0, 0.05) is 0 Å². The normalized spacial score (nSPS) is 33.2. The van der Waals surface area contributed by atoms with E-state index in [4.69, 9.17) is 4.74 Å². The Morgan fingerprint density at radius 1 is 1.04 bits per heavy atom. The number of ether oxygens (including phenoxy) is 1. The molecule has 2 nitrogen and oxygen atoms in total. The van der Waals surface area contributed by atoms with Crippen LogP contribution in [0.15, 0.2) is 0 Å². The van der Waals surface area contributed by atoms with Crippen LogP contribution < -0.4 is 0 Å². The number of hydrogen-bond donors (Lipinski definition) is 0. The van der Waals surface area contributed by atoms with Gasteiger partial charge in [-0.1, -0.05) is 46.5 Å². The molecular weight excluding hydrogens is 284 g/mol. The molecule has 23 heavy (non-hydrogen) atoms.